The molecule has 0 aliphatic carbocycles. The average Bonchev–Trinajstić information content (AvgIpc) is 2.15. The molecule has 15 heavy (non-hydrogen) atoms. The highest BCUT2D eigenvalue weighted by molar-refractivity contribution is 8.00. The number of hydrogen-bond acceptors (Lipinski definition) is 3. The standard InChI is InChI=1S/C8H8ClF3N2S/c9-4-5-3-6(15-8(10,11)12)1-2-7(5)14-13/h1-3,14H,4,13H2. The van der Waals surface area contributed by atoms with E-state index in [1.165, 1.54) is 18.2 Å². The monoisotopic (exact) mass is 256 g/mol. The molecule has 0 heterocycles. The number of hydrogen-bond donors (Lipinski definition) is 2. The lowest BCUT2D eigenvalue weighted by Crippen LogP contribution is -2.09. The number of thioether (sulfide) groups is 1. The van der Waals surface area contributed by atoms with E-state index in [0.717, 1.165) is 0 Å². The summed E-state index contributed by atoms with van der Waals surface area (Å²) in [5.41, 5.74) is -0.869. The summed E-state index contributed by atoms with van der Waals surface area (Å²) in [6.45, 7) is 0. The van der Waals surface area contributed by atoms with Crippen molar-refractivity contribution in [1.82, 2.24) is 0 Å². The number of alkyl halides is 4. The highest BCUT2D eigenvalue weighted by atomic mass is 35.5. The maximum absolute atomic E-state index is 12.0. The summed E-state index contributed by atoms with van der Waals surface area (Å²) >= 11 is 5.39. The topological polar surface area (TPSA) is 38.0 Å². The van der Waals surface area contributed by atoms with Gasteiger partial charge in [-0.25, -0.2) is 0 Å². The van der Waals surface area contributed by atoms with Crippen LogP contribution in [-0.2, 0) is 5.88 Å². The zero-order valence-corrected chi connectivity index (χ0v) is 9.01. The van der Waals surface area contributed by atoms with Gasteiger partial charge in [0.15, 0.2) is 0 Å². The highest BCUT2D eigenvalue weighted by Gasteiger charge is 2.29. The van der Waals surface area contributed by atoms with Crippen LogP contribution in [0.25, 0.3) is 0 Å². The minimum absolute atomic E-state index is 0.0946. The molecule has 7 heteroatoms. The van der Waals surface area contributed by atoms with Crippen molar-refractivity contribution in [2.45, 2.75) is 16.3 Å². The number of anilines is 1. The van der Waals surface area contributed by atoms with Crippen molar-refractivity contribution in [3.8, 4) is 0 Å². The normalized spacial score (nSPS) is 11.5. The van der Waals surface area contributed by atoms with Crippen LogP contribution in [0.5, 0.6) is 0 Å². The third-order valence-electron chi connectivity index (χ3n) is 1.61. The fourth-order valence-corrected chi connectivity index (χ4v) is 1.84. The quantitative estimate of drug-likeness (QED) is 0.377. The molecule has 0 aromatic heterocycles. The van der Waals surface area contributed by atoms with E-state index in [1.54, 1.807) is 0 Å². The molecule has 84 valence electrons. The molecule has 1 rings (SSSR count). The third-order valence-corrected chi connectivity index (χ3v) is 2.62. The van der Waals surface area contributed by atoms with Crippen molar-refractivity contribution in [2.75, 3.05) is 5.43 Å². The number of halogens is 4. The molecule has 0 radical (unpaired) electrons. The van der Waals surface area contributed by atoms with Crippen molar-refractivity contribution in [3.63, 3.8) is 0 Å². The van der Waals surface area contributed by atoms with Crippen molar-refractivity contribution < 1.29 is 13.2 Å². The molecular formula is C8H8ClF3N2S. The zero-order valence-electron chi connectivity index (χ0n) is 7.44. The molecule has 0 unspecified atom stereocenters. The van der Waals surface area contributed by atoms with Gasteiger partial charge in [-0.05, 0) is 35.5 Å². The number of nitrogens with two attached hydrogens (primary N) is 1. The predicted molar refractivity (Wildman–Crippen MR) is 55.7 cm³/mol. The second-order valence-corrected chi connectivity index (χ2v) is 4.05. The molecule has 2 nitrogen and oxygen atoms in total. The van der Waals surface area contributed by atoms with Crippen LogP contribution >= 0.6 is 23.4 Å². The molecule has 0 saturated heterocycles. The van der Waals surface area contributed by atoms with Gasteiger partial charge in [0.2, 0.25) is 0 Å². The van der Waals surface area contributed by atoms with Gasteiger partial charge in [-0.15, -0.1) is 11.6 Å². The molecule has 0 spiro atoms. The summed E-state index contributed by atoms with van der Waals surface area (Å²) in [6, 6.07) is 4.16. The van der Waals surface area contributed by atoms with Crippen LogP contribution in [0.4, 0.5) is 18.9 Å². The van der Waals surface area contributed by atoms with E-state index >= 15 is 0 Å². The van der Waals surface area contributed by atoms with Crippen LogP contribution in [0.1, 0.15) is 5.56 Å². The van der Waals surface area contributed by atoms with Gasteiger partial charge in [0.1, 0.15) is 0 Å². The van der Waals surface area contributed by atoms with Gasteiger partial charge in [0.25, 0.3) is 0 Å². The lowest BCUT2D eigenvalue weighted by atomic mass is 10.2. The number of nitrogens with one attached hydrogen (secondary N) is 1. The van der Waals surface area contributed by atoms with Gasteiger partial charge in [-0.2, -0.15) is 13.2 Å². The summed E-state index contributed by atoms with van der Waals surface area (Å²) in [5.74, 6) is 5.27. The number of benzene rings is 1. The highest BCUT2D eigenvalue weighted by Crippen LogP contribution is 2.38. The summed E-state index contributed by atoms with van der Waals surface area (Å²) in [6.07, 6.45) is 0. The Morgan fingerprint density at radius 3 is 2.53 bits per heavy atom. The molecule has 3 N–H and O–H groups in total. The Hall–Kier alpha value is -0.590. The Balaban J connectivity index is 2.93. The maximum atomic E-state index is 12.0. The molecule has 0 atom stereocenters. The Morgan fingerprint density at radius 2 is 2.07 bits per heavy atom. The van der Waals surface area contributed by atoms with E-state index < -0.39 is 5.51 Å². The van der Waals surface area contributed by atoms with Crippen LogP contribution in [0.3, 0.4) is 0 Å². The molecule has 1 aromatic carbocycles. The Morgan fingerprint density at radius 1 is 1.40 bits per heavy atom. The lowest BCUT2D eigenvalue weighted by Gasteiger charge is -2.10. The fourth-order valence-electron chi connectivity index (χ4n) is 1.02. The van der Waals surface area contributed by atoms with Gasteiger partial charge < -0.3 is 5.43 Å². The lowest BCUT2D eigenvalue weighted by molar-refractivity contribution is -0.0328. The van der Waals surface area contributed by atoms with Crippen molar-refractivity contribution in [1.29, 1.82) is 0 Å². The molecular weight excluding hydrogens is 249 g/mol. The summed E-state index contributed by atoms with van der Waals surface area (Å²) in [7, 11) is 0. The molecule has 0 saturated carbocycles. The van der Waals surface area contributed by atoms with Gasteiger partial charge in [0, 0.05) is 10.8 Å². The summed E-state index contributed by atoms with van der Waals surface area (Å²) in [5, 5.41) is 0. The van der Waals surface area contributed by atoms with Crippen molar-refractivity contribution in [2.24, 2.45) is 5.84 Å². The fraction of sp³-hybridized carbons (Fsp3) is 0.250. The van der Waals surface area contributed by atoms with Crippen molar-refractivity contribution in [3.05, 3.63) is 23.8 Å². The first-order valence-corrected chi connectivity index (χ1v) is 5.22. The minimum Gasteiger partial charge on any atom is -0.324 e. The number of hydrazine groups is 1. The van der Waals surface area contributed by atoms with E-state index in [4.69, 9.17) is 17.4 Å². The summed E-state index contributed by atoms with van der Waals surface area (Å²) in [4.78, 5) is 0.0946. The molecule has 0 aliphatic heterocycles. The maximum Gasteiger partial charge on any atom is 0.446 e. The van der Waals surface area contributed by atoms with E-state index in [9.17, 15) is 13.2 Å². The number of nitrogen functional groups attached to an aromatic ring is 1. The summed E-state index contributed by atoms with van der Waals surface area (Å²) < 4.78 is 36.1. The Kier molecular flexibility index (Phi) is 4.12. The van der Waals surface area contributed by atoms with Crippen LogP contribution < -0.4 is 11.3 Å². The minimum atomic E-state index is -4.29. The third kappa shape index (κ3) is 3.81. The first-order valence-electron chi connectivity index (χ1n) is 3.87. The SMILES string of the molecule is NNc1ccc(SC(F)(F)F)cc1CCl. The van der Waals surface area contributed by atoms with Gasteiger partial charge in [0.05, 0.1) is 5.69 Å². The first-order chi connectivity index (χ1) is 6.96. The van der Waals surface area contributed by atoms with Crippen molar-refractivity contribution >= 4 is 29.1 Å². The van der Waals surface area contributed by atoms with Gasteiger partial charge in [-0.3, -0.25) is 5.84 Å². The van der Waals surface area contributed by atoms with E-state index in [-0.39, 0.29) is 22.5 Å². The molecule has 1 aromatic rings. The first kappa shape index (κ1) is 12.5. The van der Waals surface area contributed by atoms with Crippen LogP contribution in [0.2, 0.25) is 0 Å². The van der Waals surface area contributed by atoms with Gasteiger partial charge >= 0.3 is 5.51 Å². The second kappa shape index (κ2) is 4.96. The Bertz CT molecular complexity index is 343. The van der Waals surface area contributed by atoms with E-state index in [0.29, 0.717) is 11.3 Å². The van der Waals surface area contributed by atoms with E-state index in [2.05, 4.69) is 5.43 Å². The molecule has 0 bridgehead atoms. The average molecular weight is 257 g/mol. The zero-order chi connectivity index (χ0) is 11.5. The largest absolute Gasteiger partial charge is 0.446 e. The second-order valence-electron chi connectivity index (χ2n) is 2.64. The van der Waals surface area contributed by atoms with E-state index in [1.807, 2.05) is 0 Å². The smallest absolute Gasteiger partial charge is 0.324 e. The molecule has 0 aliphatic rings. The van der Waals surface area contributed by atoms with Gasteiger partial charge in [-0.1, -0.05) is 0 Å². The number of rotatable bonds is 3. The molecule has 0 amide bonds. The Labute approximate surface area is 93.9 Å². The van der Waals surface area contributed by atoms with Crippen LogP contribution in [0.15, 0.2) is 23.1 Å². The predicted octanol–water partition coefficient (Wildman–Crippen LogP) is 3.32. The van der Waals surface area contributed by atoms with Crippen LogP contribution in [0, 0.1) is 0 Å². The molecule has 0 fully saturated rings. The van der Waals surface area contributed by atoms with Crippen LogP contribution in [-0.4, -0.2) is 5.51 Å².